The number of halogens is 2. The second-order valence-electron chi connectivity index (χ2n) is 3.60. The van der Waals surface area contributed by atoms with E-state index in [1.165, 1.54) is 6.07 Å². The molecule has 2 aromatic rings. The average Bonchev–Trinajstić information content (AvgIpc) is 2.87. The molecule has 0 spiro atoms. The highest BCUT2D eigenvalue weighted by atomic mass is 19.1. The van der Waals surface area contributed by atoms with E-state index in [9.17, 15) is 13.6 Å². The number of nitrogens with zero attached hydrogens (tertiary/aromatic N) is 2. The fraction of sp³-hybridized carbons (Fsp3) is 0.182. The molecule has 0 aliphatic rings. The van der Waals surface area contributed by atoms with Gasteiger partial charge in [0, 0.05) is 0 Å². The molecule has 0 bridgehead atoms. The number of anilines is 1. The maximum Gasteiger partial charge on any atom is 0.238 e. The van der Waals surface area contributed by atoms with Crippen molar-refractivity contribution in [2.24, 2.45) is 0 Å². The summed E-state index contributed by atoms with van der Waals surface area (Å²) in [6.45, 7) is 0.0754. The first kappa shape index (κ1) is 13.1. The molecule has 2 N–H and O–H groups in total. The van der Waals surface area contributed by atoms with E-state index >= 15 is 0 Å². The van der Waals surface area contributed by atoms with E-state index in [-0.39, 0.29) is 13.1 Å². The van der Waals surface area contributed by atoms with E-state index < -0.39 is 23.2 Å². The van der Waals surface area contributed by atoms with Gasteiger partial charge in [0.05, 0.1) is 13.1 Å². The number of carbonyl (C=O) groups excluding carboxylic acids is 1. The number of benzene rings is 1. The number of carbonyl (C=O) groups is 1. The van der Waals surface area contributed by atoms with Gasteiger partial charge in [0.15, 0.2) is 5.82 Å². The van der Waals surface area contributed by atoms with Gasteiger partial charge in [-0.15, -0.1) is 0 Å². The third kappa shape index (κ3) is 3.55. The zero-order chi connectivity index (χ0) is 13.7. The largest absolute Gasteiger partial charge is 0.343 e. The normalized spacial score (nSPS) is 10.4. The van der Waals surface area contributed by atoms with E-state index in [1.54, 1.807) is 0 Å². The van der Waals surface area contributed by atoms with Gasteiger partial charge in [-0.3, -0.25) is 4.79 Å². The van der Waals surface area contributed by atoms with Crippen LogP contribution < -0.4 is 10.6 Å². The summed E-state index contributed by atoms with van der Waals surface area (Å²) in [5.74, 6) is -1.85. The Balaban J connectivity index is 1.84. The quantitative estimate of drug-likeness (QED) is 0.848. The fourth-order valence-corrected chi connectivity index (χ4v) is 1.36. The van der Waals surface area contributed by atoms with E-state index in [4.69, 9.17) is 0 Å². The third-order valence-corrected chi connectivity index (χ3v) is 2.20. The summed E-state index contributed by atoms with van der Waals surface area (Å²) in [5.41, 5.74) is -0.464. The molecular weight excluding hydrogens is 258 g/mol. The topological polar surface area (TPSA) is 80.1 Å². The Kier molecular flexibility index (Phi) is 4.14. The van der Waals surface area contributed by atoms with Crippen molar-refractivity contribution in [3.63, 3.8) is 0 Å². The van der Waals surface area contributed by atoms with Crippen LogP contribution in [0.5, 0.6) is 0 Å². The van der Waals surface area contributed by atoms with Crippen LogP contribution in [-0.4, -0.2) is 22.6 Å². The summed E-state index contributed by atoms with van der Waals surface area (Å²) in [4.78, 5) is 15.2. The van der Waals surface area contributed by atoms with Crippen LogP contribution in [0, 0.1) is 11.6 Å². The minimum atomic E-state index is -0.827. The Hall–Kier alpha value is -2.35. The van der Waals surface area contributed by atoms with Gasteiger partial charge in [-0.2, -0.15) is 4.98 Å². The smallest absolute Gasteiger partial charge is 0.238 e. The van der Waals surface area contributed by atoms with Crippen molar-refractivity contribution < 1.29 is 18.1 Å². The van der Waals surface area contributed by atoms with Gasteiger partial charge in [-0.1, -0.05) is 11.2 Å². The van der Waals surface area contributed by atoms with Crippen LogP contribution in [0.25, 0.3) is 0 Å². The lowest BCUT2D eigenvalue weighted by Gasteiger charge is -2.07. The second kappa shape index (κ2) is 6.01. The molecule has 1 aromatic carbocycles. The molecule has 0 aliphatic heterocycles. The second-order valence-corrected chi connectivity index (χ2v) is 3.60. The molecular formula is C11H10F2N4O2. The Morgan fingerprint density at radius 3 is 2.68 bits per heavy atom. The van der Waals surface area contributed by atoms with E-state index in [1.807, 2.05) is 0 Å². The Labute approximate surface area is 106 Å². The molecule has 1 amide bonds. The zero-order valence-electron chi connectivity index (χ0n) is 9.69. The highest BCUT2D eigenvalue weighted by Gasteiger charge is 2.11. The molecule has 0 unspecified atom stereocenters. The lowest BCUT2D eigenvalue weighted by atomic mass is 10.3. The summed E-state index contributed by atoms with van der Waals surface area (Å²) in [6.07, 6.45) is 1.16. The van der Waals surface area contributed by atoms with Crippen molar-refractivity contribution in [3.05, 3.63) is 42.1 Å². The van der Waals surface area contributed by atoms with Crippen LogP contribution >= 0.6 is 0 Å². The predicted octanol–water partition coefficient (Wildman–Crippen LogP) is 1.08. The minimum absolute atomic E-state index is 0.137. The van der Waals surface area contributed by atoms with Crippen LogP contribution in [0.1, 0.15) is 5.82 Å². The van der Waals surface area contributed by atoms with Crippen molar-refractivity contribution in [2.75, 3.05) is 11.9 Å². The standard InChI is InChI=1S/C11H10F2N4O2/c12-7-2-1-3-8(13)11(7)16-10(18)5-14-4-9-15-6-19-17-9/h1-3,6,14H,4-5H2,(H,16,18). The average molecular weight is 268 g/mol. The van der Waals surface area contributed by atoms with E-state index in [0.29, 0.717) is 5.82 Å². The predicted molar refractivity (Wildman–Crippen MR) is 61.0 cm³/mol. The van der Waals surface area contributed by atoms with Crippen LogP contribution in [0.15, 0.2) is 29.1 Å². The number of hydrogen-bond acceptors (Lipinski definition) is 5. The number of hydrogen-bond donors (Lipinski definition) is 2. The number of amides is 1. The van der Waals surface area contributed by atoms with Gasteiger partial charge >= 0.3 is 0 Å². The van der Waals surface area contributed by atoms with E-state index in [0.717, 1.165) is 18.5 Å². The van der Waals surface area contributed by atoms with E-state index in [2.05, 4.69) is 25.3 Å². The number of nitrogens with one attached hydrogen (secondary N) is 2. The van der Waals surface area contributed by atoms with Gasteiger partial charge in [-0.25, -0.2) is 8.78 Å². The first-order valence-electron chi connectivity index (χ1n) is 5.36. The molecule has 8 heteroatoms. The molecule has 0 saturated heterocycles. The lowest BCUT2D eigenvalue weighted by Crippen LogP contribution is -2.28. The van der Waals surface area contributed by atoms with Gasteiger partial charge in [0.1, 0.15) is 17.3 Å². The molecule has 0 saturated carbocycles. The summed E-state index contributed by atoms with van der Waals surface area (Å²) < 4.78 is 31.0. The molecule has 1 aromatic heterocycles. The highest BCUT2D eigenvalue weighted by molar-refractivity contribution is 5.92. The highest BCUT2D eigenvalue weighted by Crippen LogP contribution is 2.17. The maximum absolute atomic E-state index is 13.2. The molecule has 100 valence electrons. The number of rotatable bonds is 5. The lowest BCUT2D eigenvalue weighted by molar-refractivity contribution is -0.115. The van der Waals surface area contributed by atoms with Crippen LogP contribution in [0.3, 0.4) is 0 Å². The third-order valence-electron chi connectivity index (χ3n) is 2.20. The molecule has 2 rings (SSSR count). The monoisotopic (exact) mass is 268 g/mol. The van der Waals surface area contributed by atoms with Crippen molar-refractivity contribution in [2.45, 2.75) is 6.54 Å². The molecule has 0 fully saturated rings. The summed E-state index contributed by atoms with van der Waals surface area (Å²) in [6, 6.07) is 3.34. The van der Waals surface area contributed by atoms with Crippen LogP contribution in [-0.2, 0) is 11.3 Å². The van der Waals surface area contributed by atoms with Crippen molar-refractivity contribution in [3.8, 4) is 0 Å². The SMILES string of the molecule is O=C(CNCc1ncon1)Nc1c(F)cccc1F. The molecule has 0 aliphatic carbocycles. The Bertz CT molecular complexity index is 540. The first-order chi connectivity index (χ1) is 9.16. The van der Waals surface area contributed by atoms with Gasteiger partial charge in [-0.05, 0) is 12.1 Å². The van der Waals surface area contributed by atoms with Crippen molar-refractivity contribution in [1.29, 1.82) is 0 Å². The zero-order valence-corrected chi connectivity index (χ0v) is 9.69. The van der Waals surface area contributed by atoms with Crippen molar-refractivity contribution >= 4 is 11.6 Å². The molecule has 0 radical (unpaired) electrons. The first-order valence-corrected chi connectivity index (χ1v) is 5.36. The van der Waals surface area contributed by atoms with Crippen molar-refractivity contribution in [1.82, 2.24) is 15.5 Å². The summed E-state index contributed by atoms with van der Waals surface area (Å²) >= 11 is 0. The minimum Gasteiger partial charge on any atom is -0.343 e. The maximum atomic E-state index is 13.2. The molecule has 0 atom stereocenters. The number of para-hydroxylation sites is 1. The van der Waals surface area contributed by atoms with Gasteiger partial charge in [0.2, 0.25) is 12.3 Å². The summed E-state index contributed by atoms with van der Waals surface area (Å²) in [5, 5.41) is 8.37. The fourth-order valence-electron chi connectivity index (χ4n) is 1.36. The van der Waals surface area contributed by atoms with Gasteiger partial charge < -0.3 is 15.2 Å². The number of aromatic nitrogens is 2. The molecule has 19 heavy (non-hydrogen) atoms. The Morgan fingerprint density at radius 1 is 1.32 bits per heavy atom. The summed E-state index contributed by atoms with van der Waals surface area (Å²) in [7, 11) is 0. The molecule has 1 heterocycles. The Morgan fingerprint density at radius 2 is 2.05 bits per heavy atom. The van der Waals surface area contributed by atoms with Gasteiger partial charge in [0.25, 0.3) is 0 Å². The molecule has 6 nitrogen and oxygen atoms in total. The van der Waals surface area contributed by atoms with Crippen LogP contribution in [0.2, 0.25) is 0 Å². The van der Waals surface area contributed by atoms with Crippen LogP contribution in [0.4, 0.5) is 14.5 Å².